The van der Waals surface area contributed by atoms with Gasteiger partial charge in [0.2, 0.25) is 5.28 Å². The molecule has 0 radical (unpaired) electrons. The third-order valence-electron chi connectivity index (χ3n) is 5.32. The fraction of sp³-hybridized carbons (Fsp3) is 0.400. The van der Waals surface area contributed by atoms with E-state index in [1.165, 1.54) is 22.7 Å². The number of thioether (sulfide) groups is 1. The quantitative estimate of drug-likeness (QED) is 0.221. The summed E-state index contributed by atoms with van der Waals surface area (Å²) >= 11 is 7.81. The largest absolute Gasteiger partial charge is 0.431 e. The number of rotatable bonds is 7. The molecule has 4 heterocycles. The van der Waals surface area contributed by atoms with Gasteiger partial charge in [-0.3, -0.25) is 4.57 Å². The van der Waals surface area contributed by atoms with Gasteiger partial charge in [0, 0.05) is 11.8 Å². The van der Waals surface area contributed by atoms with Crippen molar-refractivity contribution in [1.82, 2.24) is 24.5 Å². The molecule has 0 unspecified atom stereocenters. The molecular weight excluding hydrogens is 472 g/mol. The van der Waals surface area contributed by atoms with E-state index in [0.717, 1.165) is 11.1 Å². The van der Waals surface area contributed by atoms with Gasteiger partial charge in [-0.2, -0.15) is 0 Å². The van der Waals surface area contributed by atoms with Crippen molar-refractivity contribution < 1.29 is 24.5 Å². The molecule has 0 aliphatic carbocycles. The highest BCUT2D eigenvalue weighted by atomic mass is 35.5. The van der Waals surface area contributed by atoms with Crippen LogP contribution < -0.4 is 5.32 Å². The van der Waals surface area contributed by atoms with Gasteiger partial charge in [0.1, 0.15) is 30.2 Å². The molecule has 4 N–H and O–H groups in total. The predicted octanol–water partition coefficient (Wildman–Crippen LogP) is 1.83. The summed E-state index contributed by atoms with van der Waals surface area (Å²) in [6.45, 7) is 1.53. The van der Waals surface area contributed by atoms with Crippen LogP contribution in [0.15, 0.2) is 40.2 Å². The van der Waals surface area contributed by atoms with E-state index < -0.39 is 31.1 Å². The number of halogens is 1. The number of para-hydroxylation sites is 2. The molecule has 1 aromatic carbocycles. The van der Waals surface area contributed by atoms with Gasteiger partial charge in [0.05, 0.1) is 6.61 Å². The average molecular weight is 493 g/mol. The zero-order valence-corrected chi connectivity index (χ0v) is 18.9. The summed E-state index contributed by atoms with van der Waals surface area (Å²) in [7, 11) is 0. The highest BCUT2D eigenvalue weighted by Gasteiger charge is 2.45. The first-order chi connectivity index (χ1) is 16.0. The molecule has 13 heteroatoms. The number of benzene rings is 1. The lowest BCUT2D eigenvalue weighted by Gasteiger charge is -2.17. The number of imidazole rings is 1. The summed E-state index contributed by atoms with van der Waals surface area (Å²) in [6, 6.07) is 7.54. The molecule has 1 fully saturated rings. The van der Waals surface area contributed by atoms with Gasteiger partial charge in [0.15, 0.2) is 28.8 Å². The van der Waals surface area contributed by atoms with Crippen LogP contribution in [0.4, 0.5) is 5.82 Å². The maximum Gasteiger partial charge on any atom is 0.256 e. The molecule has 5 rings (SSSR count). The SMILES string of the molecule is C[C@H](CSc1nc2ccccc2o1)Nc1ncnc2c1nc(Cl)n2[C@@H]1O[C@H](CO)[C@@H](O)[C@H]1O. The minimum Gasteiger partial charge on any atom is -0.431 e. The normalized spacial score (nSPS) is 24.0. The molecule has 4 aromatic rings. The maximum absolute atomic E-state index is 10.4. The Morgan fingerprint density at radius 3 is 2.79 bits per heavy atom. The number of nitrogens with zero attached hydrogens (tertiary/aromatic N) is 5. The summed E-state index contributed by atoms with van der Waals surface area (Å²) in [4.78, 5) is 17.3. The van der Waals surface area contributed by atoms with Gasteiger partial charge >= 0.3 is 0 Å². The molecule has 1 saturated heterocycles. The van der Waals surface area contributed by atoms with Crippen molar-refractivity contribution in [2.75, 3.05) is 17.7 Å². The van der Waals surface area contributed by atoms with E-state index in [-0.39, 0.29) is 11.3 Å². The van der Waals surface area contributed by atoms with Crippen molar-refractivity contribution in [2.45, 2.75) is 42.7 Å². The zero-order chi connectivity index (χ0) is 23.1. The molecule has 0 bridgehead atoms. The molecule has 1 aliphatic rings. The van der Waals surface area contributed by atoms with Crippen LogP contribution in [0.1, 0.15) is 13.2 Å². The van der Waals surface area contributed by atoms with Crippen molar-refractivity contribution in [3.63, 3.8) is 0 Å². The molecular formula is C20H21ClN6O5S. The van der Waals surface area contributed by atoms with E-state index in [0.29, 0.717) is 28.0 Å². The van der Waals surface area contributed by atoms with Crippen molar-refractivity contribution in [3.8, 4) is 0 Å². The lowest BCUT2D eigenvalue weighted by atomic mass is 10.1. The number of anilines is 1. The Bertz CT molecular complexity index is 1250. The summed E-state index contributed by atoms with van der Waals surface area (Å²) in [5, 5.41) is 33.7. The van der Waals surface area contributed by atoms with Crippen LogP contribution in [0.5, 0.6) is 0 Å². The Labute approximate surface area is 196 Å². The lowest BCUT2D eigenvalue weighted by Crippen LogP contribution is -2.33. The van der Waals surface area contributed by atoms with Gasteiger partial charge in [-0.25, -0.2) is 19.9 Å². The minimum atomic E-state index is -1.31. The number of hydrogen-bond donors (Lipinski definition) is 4. The predicted molar refractivity (Wildman–Crippen MR) is 121 cm³/mol. The van der Waals surface area contributed by atoms with Crippen LogP contribution in [0.25, 0.3) is 22.3 Å². The summed E-state index contributed by atoms with van der Waals surface area (Å²) < 4.78 is 12.7. The second kappa shape index (κ2) is 9.05. The average Bonchev–Trinajstić information content (AvgIpc) is 3.46. The van der Waals surface area contributed by atoms with Crippen LogP contribution >= 0.6 is 23.4 Å². The van der Waals surface area contributed by atoms with E-state index >= 15 is 0 Å². The first-order valence-electron chi connectivity index (χ1n) is 10.2. The van der Waals surface area contributed by atoms with Gasteiger partial charge in [-0.1, -0.05) is 23.9 Å². The third kappa shape index (κ3) is 4.14. The van der Waals surface area contributed by atoms with E-state index in [1.54, 1.807) is 0 Å². The van der Waals surface area contributed by atoms with Crippen molar-refractivity contribution >= 4 is 51.4 Å². The molecule has 5 atom stereocenters. The second-order valence-corrected chi connectivity index (χ2v) is 8.99. The number of oxazole rings is 1. The first-order valence-corrected chi connectivity index (χ1v) is 11.6. The fourth-order valence-electron chi connectivity index (χ4n) is 3.69. The second-order valence-electron chi connectivity index (χ2n) is 7.68. The monoisotopic (exact) mass is 492 g/mol. The minimum absolute atomic E-state index is 0.0110. The Balaban J connectivity index is 1.34. The number of hydrogen-bond acceptors (Lipinski definition) is 11. The smallest absolute Gasteiger partial charge is 0.256 e. The Morgan fingerprint density at radius 2 is 2.03 bits per heavy atom. The number of aliphatic hydroxyl groups excluding tert-OH is 3. The Kier molecular flexibility index (Phi) is 6.12. The van der Waals surface area contributed by atoms with Crippen LogP contribution in [-0.4, -0.2) is 76.5 Å². The van der Waals surface area contributed by atoms with Gasteiger partial charge < -0.3 is 29.8 Å². The summed E-state index contributed by atoms with van der Waals surface area (Å²) in [5.41, 5.74) is 2.26. The van der Waals surface area contributed by atoms with E-state index in [9.17, 15) is 15.3 Å². The lowest BCUT2D eigenvalue weighted by molar-refractivity contribution is -0.0509. The molecule has 0 spiro atoms. The van der Waals surface area contributed by atoms with Crippen LogP contribution in [-0.2, 0) is 4.74 Å². The molecule has 3 aromatic heterocycles. The van der Waals surface area contributed by atoms with Gasteiger partial charge in [0.25, 0.3) is 5.22 Å². The van der Waals surface area contributed by atoms with Crippen molar-refractivity contribution in [1.29, 1.82) is 0 Å². The standard InChI is InChI=1S/C20H21ClN6O5S/c1-9(7-33-20-25-10-4-2-3-5-11(10)32-20)24-16-13-17(23-8-22-16)27(19(21)26-13)18-15(30)14(29)12(6-28)31-18/h2-5,8-9,12,14-15,18,28-30H,6-7H2,1H3,(H,22,23,24)/t9-,12-,14-,15-,18-/m1/s1. The van der Waals surface area contributed by atoms with E-state index in [1.807, 2.05) is 31.2 Å². The van der Waals surface area contributed by atoms with E-state index in [4.69, 9.17) is 20.8 Å². The highest BCUT2D eigenvalue weighted by molar-refractivity contribution is 7.99. The topological polar surface area (TPSA) is 152 Å². The molecule has 1 aliphatic heterocycles. The van der Waals surface area contributed by atoms with Crippen LogP contribution in [0, 0.1) is 0 Å². The van der Waals surface area contributed by atoms with Gasteiger partial charge in [-0.05, 0) is 30.7 Å². The highest BCUT2D eigenvalue weighted by Crippen LogP contribution is 2.35. The number of aliphatic hydroxyl groups is 3. The molecule has 0 saturated carbocycles. The van der Waals surface area contributed by atoms with Gasteiger partial charge in [-0.15, -0.1) is 0 Å². The fourth-order valence-corrected chi connectivity index (χ4v) is 4.74. The number of aromatic nitrogens is 5. The first kappa shape index (κ1) is 22.3. The summed E-state index contributed by atoms with van der Waals surface area (Å²) in [5.74, 6) is 1.10. The van der Waals surface area contributed by atoms with Crippen LogP contribution in [0.3, 0.4) is 0 Å². The number of fused-ring (bicyclic) bond motifs is 2. The molecule has 11 nitrogen and oxygen atoms in total. The molecule has 174 valence electrons. The Hall–Kier alpha value is -2.48. The number of nitrogens with one attached hydrogen (secondary N) is 1. The number of ether oxygens (including phenoxy) is 1. The van der Waals surface area contributed by atoms with E-state index in [2.05, 4.69) is 25.3 Å². The van der Waals surface area contributed by atoms with Crippen LogP contribution in [0.2, 0.25) is 5.28 Å². The zero-order valence-electron chi connectivity index (χ0n) is 17.4. The maximum atomic E-state index is 10.4. The molecule has 33 heavy (non-hydrogen) atoms. The van der Waals surface area contributed by atoms with Crippen molar-refractivity contribution in [2.24, 2.45) is 0 Å². The molecule has 0 amide bonds. The third-order valence-corrected chi connectivity index (χ3v) is 6.67. The van der Waals surface area contributed by atoms with Crippen molar-refractivity contribution in [3.05, 3.63) is 35.9 Å². The summed E-state index contributed by atoms with van der Waals surface area (Å²) in [6.07, 6.45) is -3.22. The Morgan fingerprint density at radius 1 is 1.21 bits per heavy atom.